The molecule has 0 saturated heterocycles. The Balaban J connectivity index is 1.91. The molecule has 110 valence electrons. The predicted molar refractivity (Wildman–Crippen MR) is 89.0 cm³/mol. The highest BCUT2D eigenvalue weighted by Crippen LogP contribution is 2.20. The third kappa shape index (κ3) is 2.81. The molecule has 0 bridgehead atoms. The van der Waals surface area contributed by atoms with Crippen molar-refractivity contribution in [1.82, 2.24) is 9.88 Å². The van der Waals surface area contributed by atoms with Gasteiger partial charge in [0.15, 0.2) is 0 Å². The Morgan fingerprint density at radius 1 is 1.09 bits per heavy atom. The summed E-state index contributed by atoms with van der Waals surface area (Å²) in [5, 5.41) is 1.53. The van der Waals surface area contributed by atoms with Gasteiger partial charge in [-0.1, -0.05) is 48.0 Å². The standard InChI is InChI=1S/C18H15ClN2O/c1-21(12-13-6-2-4-8-16(13)19)18(22)15-10-11-20-17-9-5-3-7-14(15)17/h2-11H,12H2,1H3. The molecule has 0 saturated carbocycles. The number of amides is 1. The fraction of sp³-hybridized carbons (Fsp3) is 0.111. The molecule has 0 fully saturated rings. The number of fused-ring (bicyclic) bond motifs is 1. The molecule has 0 spiro atoms. The molecule has 3 aromatic rings. The fourth-order valence-electron chi connectivity index (χ4n) is 2.44. The minimum absolute atomic E-state index is 0.0430. The SMILES string of the molecule is CN(Cc1ccccc1Cl)C(=O)c1ccnc2ccccc12. The minimum atomic E-state index is -0.0430. The van der Waals surface area contributed by atoms with Crippen LogP contribution in [0.5, 0.6) is 0 Å². The molecule has 4 heteroatoms. The first-order chi connectivity index (χ1) is 10.7. The molecule has 0 aliphatic carbocycles. The molecule has 0 atom stereocenters. The summed E-state index contributed by atoms with van der Waals surface area (Å²) in [5.74, 6) is -0.0430. The number of hydrogen-bond acceptors (Lipinski definition) is 2. The molecule has 0 radical (unpaired) electrons. The monoisotopic (exact) mass is 310 g/mol. The van der Waals surface area contributed by atoms with Gasteiger partial charge in [-0.05, 0) is 23.8 Å². The summed E-state index contributed by atoms with van der Waals surface area (Å²) in [6.07, 6.45) is 1.67. The van der Waals surface area contributed by atoms with Crippen LogP contribution in [0, 0.1) is 0 Å². The normalized spacial score (nSPS) is 10.6. The topological polar surface area (TPSA) is 33.2 Å². The van der Waals surface area contributed by atoms with Crippen molar-refractivity contribution in [2.45, 2.75) is 6.54 Å². The van der Waals surface area contributed by atoms with Crippen LogP contribution in [0.25, 0.3) is 10.9 Å². The number of rotatable bonds is 3. The summed E-state index contributed by atoms with van der Waals surface area (Å²) in [5.41, 5.74) is 2.40. The smallest absolute Gasteiger partial charge is 0.254 e. The Kier molecular flexibility index (Phi) is 4.07. The molecule has 2 aromatic carbocycles. The molecule has 0 unspecified atom stereocenters. The summed E-state index contributed by atoms with van der Waals surface area (Å²) in [4.78, 5) is 18.7. The molecule has 3 rings (SSSR count). The second kappa shape index (κ2) is 6.16. The first-order valence-corrected chi connectivity index (χ1v) is 7.37. The van der Waals surface area contributed by atoms with E-state index in [-0.39, 0.29) is 5.91 Å². The van der Waals surface area contributed by atoms with Gasteiger partial charge in [-0.2, -0.15) is 0 Å². The molecule has 1 amide bonds. The average molecular weight is 311 g/mol. The van der Waals surface area contributed by atoms with Gasteiger partial charge in [0, 0.05) is 30.2 Å². The molecular weight excluding hydrogens is 296 g/mol. The summed E-state index contributed by atoms with van der Waals surface area (Å²) < 4.78 is 0. The third-order valence-electron chi connectivity index (χ3n) is 3.59. The lowest BCUT2D eigenvalue weighted by molar-refractivity contribution is 0.0787. The van der Waals surface area contributed by atoms with Crippen LogP contribution in [-0.2, 0) is 6.54 Å². The van der Waals surface area contributed by atoms with Gasteiger partial charge in [0.2, 0.25) is 0 Å². The van der Waals surface area contributed by atoms with Crippen LogP contribution >= 0.6 is 11.6 Å². The summed E-state index contributed by atoms with van der Waals surface area (Å²) in [6, 6.07) is 17.0. The van der Waals surface area contributed by atoms with Gasteiger partial charge in [0.05, 0.1) is 11.1 Å². The van der Waals surface area contributed by atoms with Crippen LogP contribution in [0.4, 0.5) is 0 Å². The Labute approximate surface area is 134 Å². The summed E-state index contributed by atoms with van der Waals surface area (Å²) in [7, 11) is 1.78. The van der Waals surface area contributed by atoms with Crippen molar-refractivity contribution in [2.75, 3.05) is 7.05 Å². The van der Waals surface area contributed by atoms with Gasteiger partial charge in [-0.25, -0.2) is 0 Å². The van der Waals surface area contributed by atoms with Gasteiger partial charge in [-0.3, -0.25) is 9.78 Å². The maximum absolute atomic E-state index is 12.7. The number of aromatic nitrogens is 1. The van der Waals surface area contributed by atoms with Gasteiger partial charge >= 0.3 is 0 Å². The van der Waals surface area contributed by atoms with E-state index in [0.717, 1.165) is 16.5 Å². The number of nitrogens with zero attached hydrogens (tertiary/aromatic N) is 2. The highest BCUT2D eigenvalue weighted by atomic mass is 35.5. The quantitative estimate of drug-likeness (QED) is 0.727. The van der Waals surface area contributed by atoms with E-state index in [2.05, 4.69) is 4.98 Å². The van der Waals surface area contributed by atoms with E-state index in [9.17, 15) is 4.79 Å². The van der Waals surface area contributed by atoms with Crippen LogP contribution in [-0.4, -0.2) is 22.8 Å². The van der Waals surface area contributed by atoms with Gasteiger partial charge in [-0.15, -0.1) is 0 Å². The second-order valence-electron chi connectivity index (χ2n) is 5.13. The van der Waals surface area contributed by atoms with Crippen LogP contribution in [0.1, 0.15) is 15.9 Å². The molecule has 0 aliphatic heterocycles. The molecule has 1 aromatic heterocycles. The van der Waals surface area contributed by atoms with E-state index in [4.69, 9.17) is 11.6 Å². The lowest BCUT2D eigenvalue weighted by atomic mass is 10.1. The lowest BCUT2D eigenvalue weighted by Crippen LogP contribution is -2.26. The van der Waals surface area contributed by atoms with E-state index >= 15 is 0 Å². The maximum Gasteiger partial charge on any atom is 0.254 e. The first kappa shape index (κ1) is 14.5. The lowest BCUT2D eigenvalue weighted by Gasteiger charge is -2.19. The average Bonchev–Trinajstić information content (AvgIpc) is 2.55. The number of pyridine rings is 1. The zero-order valence-corrected chi connectivity index (χ0v) is 12.9. The van der Waals surface area contributed by atoms with Crippen molar-refractivity contribution in [3.8, 4) is 0 Å². The van der Waals surface area contributed by atoms with Crippen molar-refractivity contribution in [2.24, 2.45) is 0 Å². The van der Waals surface area contributed by atoms with Crippen molar-refractivity contribution in [1.29, 1.82) is 0 Å². The van der Waals surface area contributed by atoms with Crippen molar-refractivity contribution >= 4 is 28.4 Å². The van der Waals surface area contributed by atoms with E-state index in [0.29, 0.717) is 17.1 Å². The summed E-state index contributed by atoms with van der Waals surface area (Å²) in [6.45, 7) is 0.467. The van der Waals surface area contributed by atoms with E-state index in [1.54, 1.807) is 24.2 Å². The number of hydrogen-bond donors (Lipinski definition) is 0. The highest BCUT2D eigenvalue weighted by molar-refractivity contribution is 6.31. The molecule has 22 heavy (non-hydrogen) atoms. The van der Waals surface area contributed by atoms with Gasteiger partial charge in [0.25, 0.3) is 5.91 Å². The van der Waals surface area contributed by atoms with Gasteiger partial charge < -0.3 is 4.90 Å². The Hall–Kier alpha value is -2.39. The number of benzene rings is 2. The molecule has 0 aliphatic rings. The number of carbonyl (C=O) groups excluding carboxylic acids is 1. The van der Waals surface area contributed by atoms with Crippen LogP contribution in [0.15, 0.2) is 60.8 Å². The van der Waals surface area contributed by atoms with Crippen LogP contribution < -0.4 is 0 Å². The molecular formula is C18H15ClN2O. The Morgan fingerprint density at radius 2 is 1.82 bits per heavy atom. The Bertz CT molecular complexity index is 827. The van der Waals surface area contributed by atoms with Crippen molar-refractivity contribution in [3.63, 3.8) is 0 Å². The van der Waals surface area contributed by atoms with Crippen LogP contribution in [0.3, 0.4) is 0 Å². The van der Waals surface area contributed by atoms with E-state index in [1.165, 1.54) is 0 Å². The fourth-order valence-corrected chi connectivity index (χ4v) is 2.64. The van der Waals surface area contributed by atoms with Crippen molar-refractivity contribution < 1.29 is 4.79 Å². The molecule has 1 heterocycles. The summed E-state index contributed by atoms with van der Waals surface area (Å²) >= 11 is 6.17. The maximum atomic E-state index is 12.7. The van der Waals surface area contributed by atoms with Gasteiger partial charge in [0.1, 0.15) is 0 Å². The first-order valence-electron chi connectivity index (χ1n) is 6.99. The number of halogens is 1. The highest BCUT2D eigenvalue weighted by Gasteiger charge is 2.16. The molecule has 3 nitrogen and oxygen atoms in total. The Morgan fingerprint density at radius 3 is 2.64 bits per heavy atom. The van der Waals surface area contributed by atoms with E-state index in [1.807, 2.05) is 48.5 Å². The largest absolute Gasteiger partial charge is 0.337 e. The zero-order chi connectivity index (χ0) is 15.5. The predicted octanol–water partition coefficient (Wildman–Crippen LogP) is 4.16. The second-order valence-corrected chi connectivity index (χ2v) is 5.54. The molecule has 0 N–H and O–H groups in total. The number of carbonyl (C=O) groups is 1. The van der Waals surface area contributed by atoms with Crippen LogP contribution in [0.2, 0.25) is 5.02 Å². The van der Waals surface area contributed by atoms with E-state index < -0.39 is 0 Å². The minimum Gasteiger partial charge on any atom is -0.337 e. The number of para-hydroxylation sites is 1. The zero-order valence-electron chi connectivity index (χ0n) is 12.2. The third-order valence-corrected chi connectivity index (χ3v) is 3.96. The van der Waals surface area contributed by atoms with Crippen molar-refractivity contribution in [3.05, 3.63) is 76.9 Å².